The maximum Gasteiger partial charge on any atom is 0.132 e. The van der Waals surface area contributed by atoms with Gasteiger partial charge in [-0.15, -0.1) is 0 Å². The third-order valence-corrected chi connectivity index (χ3v) is 4.16. The normalized spacial score (nSPS) is 11.0. The summed E-state index contributed by atoms with van der Waals surface area (Å²) < 4.78 is 3.76. The van der Waals surface area contributed by atoms with E-state index in [2.05, 4.69) is 27.6 Å². The van der Waals surface area contributed by atoms with E-state index >= 15 is 0 Å². The van der Waals surface area contributed by atoms with Crippen LogP contribution in [0.15, 0.2) is 48.8 Å². The predicted molar refractivity (Wildman–Crippen MR) is 91.5 cm³/mol. The molecule has 0 amide bonds. The van der Waals surface area contributed by atoms with Crippen LogP contribution in [0, 0.1) is 6.92 Å². The molecule has 0 aliphatic heterocycles. The summed E-state index contributed by atoms with van der Waals surface area (Å²) in [6, 6.07) is 12.1. The van der Waals surface area contributed by atoms with Gasteiger partial charge >= 0.3 is 0 Å². The van der Waals surface area contributed by atoms with Crippen molar-refractivity contribution < 1.29 is 0 Å². The van der Waals surface area contributed by atoms with E-state index in [-0.39, 0.29) is 0 Å². The summed E-state index contributed by atoms with van der Waals surface area (Å²) in [5.41, 5.74) is 3.22. The molecule has 6 heteroatoms. The lowest BCUT2D eigenvalue weighted by Gasteiger charge is -2.06. The van der Waals surface area contributed by atoms with Crippen LogP contribution < -0.4 is 5.32 Å². The van der Waals surface area contributed by atoms with Crippen molar-refractivity contribution >= 4 is 11.6 Å². The van der Waals surface area contributed by atoms with E-state index in [0.717, 1.165) is 24.3 Å². The monoisotopic (exact) mass is 329 g/mol. The van der Waals surface area contributed by atoms with Crippen LogP contribution in [-0.2, 0) is 19.6 Å². The van der Waals surface area contributed by atoms with Gasteiger partial charge in [0, 0.05) is 31.0 Å². The molecule has 3 aromatic rings. The van der Waals surface area contributed by atoms with Gasteiger partial charge in [0.15, 0.2) is 0 Å². The molecule has 0 unspecified atom stereocenters. The van der Waals surface area contributed by atoms with Crippen molar-refractivity contribution in [1.29, 1.82) is 0 Å². The third kappa shape index (κ3) is 4.00. The van der Waals surface area contributed by atoms with E-state index in [1.165, 1.54) is 5.56 Å². The summed E-state index contributed by atoms with van der Waals surface area (Å²) in [5.74, 6) is 0. The minimum absolute atomic E-state index is 0.688. The standard InChI is InChI=1S/C17H20ClN5/c1-14-16(12-19-9-11-22-10-5-8-20-22)17(18)23(21-14)13-15-6-3-2-4-7-15/h2-8,10,19H,9,11-13H2,1H3. The second-order valence-corrected chi connectivity index (χ2v) is 5.80. The molecule has 120 valence electrons. The number of nitrogens with one attached hydrogen (secondary N) is 1. The Balaban J connectivity index is 1.59. The molecule has 0 radical (unpaired) electrons. The molecule has 1 N–H and O–H groups in total. The number of benzene rings is 1. The van der Waals surface area contributed by atoms with Crippen LogP contribution in [0.4, 0.5) is 0 Å². The molecule has 0 aliphatic carbocycles. The first kappa shape index (κ1) is 15.8. The van der Waals surface area contributed by atoms with E-state index < -0.39 is 0 Å². The van der Waals surface area contributed by atoms with E-state index in [1.54, 1.807) is 6.20 Å². The molecule has 0 saturated carbocycles. The zero-order chi connectivity index (χ0) is 16.1. The number of halogens is 1. The van der Waals surface area contributed by atoms with Gasteiger partial charge in [0.2, 0.25) is 0 Å². The molecule has 2 heterocycles. The smallest absolute Gasteiger partial charge is 0.132 e. The van der Waals surface area contributed by atoms with Gasteiger partial charge in [0.25, 0.3) is 0 Å². The summed E-state index contributed by atoms with van der Waals surface area (Å²) in [7, 11) is 0. The van der Waals surface area contributed by atoms with Crippen molar-refractivity contribution in [2.75, 3.05) is 6.54 Å². The van der Waals surface area contributed by atoms with Gasteiger partial charge in [-0.3, -0.25) is 4.68 Å². The quantitative estimate of drug-likeness (QED) is 0.678. The maximum atomic E-state index is 6.50. The van der Waals surface area contributed by atoms with Gasteiger partial charge in [-0.25, -0.2) is 4.68 Å². The van der Waals surface area contributed by atoms with Gasteiger partial charge in [0.05, 0.1) is 18.8 Å². The van der Waals surface area contributed by atoms with Crippen molar-refractivity contribution in [2.24, 2.45) is 0 Å². The highest BCUT2D eigenvalue weighted by Crippen LogP contribution is 2.20. The zero-order valence-electron chi connectivity index (χ0n) is 13.1. The minimum atomic E-state index is 0.688. The lowest BCUT2D eigenvalue weighted by atomic mass is 10.2. The number of nitrogens with zero attached hydrogens (tertiary/aromatic N) is 4. The number of aryl methyl sites for hydroxylation is 1. The van der Waals surface area contributed by atoms with Gasteiger partial charge in [-0.1, -0.05) is 41.9 Å². The van der Waals surface area contributed by atoms with Crippen molar-refractivity contribution in [1.82, 2.24) is 24.9 Å². The molecule has 5 nitrogen and oxygen atoms in total. The summed E-state index contributed by atoms with van der Waals surface area (Å²) in [5, 5.41) is 12.8. The second-order valence-electron chi connectivity index (χ2n) is 5.44. The van der Waals surface area contributed by atoms with Crippen LogP contribution in [0.25, 0.3) is 0 Å². The SMILES string of the molecule is Cc1nn(Cc2ccccc2)c(Cl)c1CNCCn1cccn1. The molecule has 23 heavy (non-hydrogen) atoms. The van der Waals surface area contributed by atoms with Crippen molar-refractivity contribution in [3.63, 3.8) is 0 Å². The Labute approximate surface area is 140 Å². The van der Waals surface area contributed by atoms with Crippen molar-refractivity contribution in [3.05, 3.63) is 70.8 Å². The van der Waals surface area contributed by atoms with Crippen LogP contribution in [0.1, 0.15) is 16.8 Å². The fraction of sp³-hybridized carbons (Fsp3) is 0.294. The Kier molecular flexibility index (Phi) is 5.10. The number of rotatable bonds is 7. The highest BCUT2D eigenvalue weighted by Gasteiger charge is 2.13. The molecule has 0 aliphatic rings. The maximum absolute atomic E-state index is 6.50. The first-order valence-corrected chi connectivity index (χ1v) is 8.05. The molecule has 2 aromatic heterocycles. The van der Waals surface area contributed by atoms with Gasteiger partial charge in [-0.05, 0) is 18.6 Å². The van der Waals surface area contributed by atoms with E-state index in [4.69, 9.17) is 11.6 Å². The van der Waals surface area contributed by atoms with Crippen LogP contribution in [0.5, 0.6) is 0 Å². The zero-order valence-corrected chi connectivity index (χ0v) is 13.9. The van der Waals surface area contributed by atoms with E-state index in [9.17, 15) is 0 Å². The average molecular weight is 330 g/mol. The molecule has 0 spiro atoms. The highest BCUT2D eigenvalue weighted by atomic mass is 35.5. The summed E-state index contributed by atoms with van der Waals surface area (Å²) in [6.07, 6.45) is 3.74. The largest absolute Gasteiger partial charge is 0.311 e. The van der Waals surface area contributed by atoms with Crippen molar-refractivity contribution in [2.45, 2.75) is 26.6 Å². The van der Waals surface area contributed by atoms with Crippen LogP contribution >= 0.6 is 11.6 Å². The van der Waals surface area contributed by atoms with Crippen molar-refractivity contribution in [3.8, 4) is 0 Å². The molecular weight excluding hydrogens is 310 g/mol. The third-order valence-electron chi connectivity index (χ3n) is 3.74. The number of hydrogen-bond donors (Lipinski definition) is 1. The molecule has 0 fully saturated rings. The van der Waals surface area contributed by atoms with Crippen LogP contribution in [0.3, 0.4) is 0 Å². The Morgan fingerprint density at radius 2 is 2.00 bits per heavy atom. The Hall–Kier alpha value is -2.11. The molecule has 0 bridgehead atoms. The topological polar surface area (TPSA) is 47.7 Å². The number of hydrogen-bond acceptors (Lipinski definition) is 3. The van der Waals surface area contributed by atoms with Gasteiger partial charge in [-0.2, -0.15) is 10.2 Å². The molecule has 0 atom stereocenters. The molecule has 0 saturated heterocycles. The Morgan fingerprint density at radius 1 is 1.17 bits per heavy atom. The highest BCUT2D eigenvalue weighted by molar-refractivity contribution is 6.30. The van der Waals surface area contributed by atoms with Gasteiger partial charge < -0.3 is 5.32 Å². The van der Waals surface area contributed by atoms with Crippen LogP contribution in [-0.4, -0.2) is 26.1 Å². The minimum Gasteiger partial charge on any atom is -0.311 e. The molecular formula is C17H20ClN5. The van der Waals surface area contributed by atoms with Gasteiger partial charge in [0.1, 0.15) is 5.15 Å². The lowest BCUT2D eigenvalue weighted by Crippen LogP contribution is -2.20. The van der Waals surface area contributed by atoms with E-state index in [0.29, 0.717) is 18.2 Å². The molecule has 1 aromatic carbocycles. The van der Waals surface area contributed by atoms with Crippen LogP contribution in [0.2, 0.25) is 5.15 Å². The number of aromatic nitrogens is 4. The Bertz CT molecular complexity index is 734. The summed E-state index contributed by atoms with van der Waals surface area (Å²) >= 11 is 6.50. The predicted octanol–water partition coefficient (Wildman–Crippen LogP) is 2.88. The first-order valence-electron chi connectivity index (χ1n) is 7.68. The van der Waals surface area contributed by atoms with E-state index in [1.807, 2.05) is 46.7 Å². The summed E-state index contributed by atoms with van der Waals surface area (Å²) in [6.45, 7) is 5.07. The lowest BCUT2D eigenvalue weighted by molar-refractivity contribution is 0.554. The molecule has 3 rings (SSSR count). The Morgan fingerprint density at radius 3 is 2.74 bits per heavy atom. The summed E-state index contributed by atoms with van der Waals surface area (Å²) in [4.78, 5) is 0. The second kappa shape index (κ2) is 7.44. The fourth-order valence-corrected chi connectivity index (χ4v) is 2.79. The average Bonchev–Trinajstić information content (AvgIpc) is 3.16. The fourth-order valence-electron chi connectivity index (χ4n) is 2.49. The first-order chi connectivity index (χ1) is 11.2.